The Morgan fingerprint density at radius 3 is 2.52 bits per heavy atom. The van der Waals surface area contributed by atoms with E-state index in [2.05, 4.69) is 5.32 Å². The van der Waals surface area contributed by atoms with Crippen molar-refractivity contribution in [2.24, 2.45) is 0 Å². The third kappa shape index (κ3) is 4.14. The number of carbonyl (C=O) groups is 1. The fourth-order valence-electron chi connectivity index (χ4n) is 1.58. The Kier molecular flexibility index (Phi) is 5.12. The van der Waals surface area contributed by atoms with Gasteiger partial charge in [-0.1, -0.05) is 34.8 Å². The Balaban J connectivity index is 2.08. The molecule has 108 valence electrons. The van der Waals surface area contributed by atoms with Crippen molar-refractivity contribution in [3.63, 3.8) is 0 Å². The average Bonchev–Trinajstić information content (AvgIpc) is 2.45. The third-order valence-electron chi connectivity index (χ3n) is 2.64. The lowest BCUT2D eigenvalue weighted by atomic mass is 10.1. The Morgan fingerprint density at radius 1 is 1.05 bits per heavy atom. The van der Waals surface area contributed by atoms with Crippen LogP contribution in [0, 0.1) is 0 Å². The van der Waals surface area contributed by atoms with Gasteiger partial charge in [-0.2, -0.15) is 0 Å². The molecule has 0 unspecified atom stereocenters. The van der Waals surface area contributed by atoms with Crippen LogP contribution >= 0.6 is 34.8 Å². The van der Waals surface area contributed by atoms with Crippen molar-refractivity contribution in [1.29, 1.82) is 0 Å². The fraction of sp³-hybridized carbons (Fsp3) is 0. The van der Waals surface area contributed by atoms with Gasteiger partial charge in [-0.05, 0) is 36.4 Å². The first kappa shape index (κ1) is 15.7. The minimum Gasteiger partial charge on any atom is -0.506 e. The van der Waals surface area contributed by atoms with Gasteiger partial charge in [0.2, 0.25) is 0 Å². The van der Waals surface area contributed by atoms with Crippen LogP contribution in [0.1, 0.15) is 10.4 Å². The summed E-state index contributed by atoms with van der Waals surface area (Å²) < 4.78 is 0. The summed E-state index contributed by atoms with van der Waals surface area (Å²) in [4.78, 5) is 11.9. The van der Waals surface area contributed by atoms with Crippen LogP contribution in [0.15, 0.2) is 48.7 Å². The second-order valence-electron chi connectivity index (χ2n) is 4.13. The quantitative estimate of drug-likeness (QED) is 0.458. The van der Waals surface area contributed by atoms with Crippen LogP contribution in [0.2, 0.25) is 15.1 Å². The largest absolute Gasteiger partial charge is 0.506 e. The lowest BCUT2D eigenvalue weighted by Gasteiger charge is -2.04. The molecule has 21 heavy (non-hydrogen) atoms. The highest BCUT2D eigenvalue weighted by Crippen LogP contribution is 2.26. The summed E-state index contributed by atoms with van der Waals surface area (Å²) in [5.74, 6) is -0.214. The van der Waals surface area contributed by atoms with Gasteiger partial charge >= 0.3 is 0 Å². The SMILES string of the molecule is O=C(C=CNc1cc(Cl)ccc1O)c1ccc(Cl)c(Cl)c1. The molecule has 0 saturated heterocycles. The van der Waals surface area contributed by atoms with Crippen molar-refractivity contribution in [1.82, 2.24) is 0 Å². The van der Waals surface area contributed by atoms with Gasteiger partial charge in [0.15, 0.2) is 5.78 Å². The number of ketones is 1. The Labute approximate surface area is 136 Å². The molecule has 0 spiro atoms. The van der Waals surface area contributed by atoms with Gasteiger partial charge in [0, 0.05) is 22.9 Å². The smallest absolute Gasteiger partial charge is 0.187 e. The Bertz CT molecular complexity index is 714. The molecule has 0 aliphatic rings. The molecule has 0 bridgehead atoms. The normalized spacial score (nSPS) is 10.8. The van der Waals surface area contributed by atoms with Crippen LogP contribution < -0.4 is 5.32 Å². The van der Waals surface area contributed by atoms with E-state index in [0.717, 1.165) is 0 Å². The number of hydrogen-bond acceptors (Lipinski definition) is 3. The first-order valence-corrected chi connectivity index (χ1v) is 7.02. The maximum absolute atomic E-state index is 11.9. The van der Waals surface area contributed by atoms with E-state index in [-0.39, 0.29) is 11.5 Å². The van der Waals surface area contributed by atoms with Gasteiger partial charge in [-0.3, -0.25) is 4.79 Å². The molecule has 0 saturated carbocycles. The molecule has 3 nitrogen and oxygen atoms in total. The van der Waals surface area contributed by atoms with E-state index < -0.39 is 0 Å². The first-order chi connectivity index (χ1) is 9.97. The van der Waals surface area contributed by atoms with E-state index >= 15 is 0 Å². The van der Waals surface area contributed by atoms with Crippen LogP contribution in [0.4, 0.5) is 5.69 Å². The molecule has 0 aliphatic heterocycles. The molecule has 0 aliphatic carbocycles. The summed E-state index contributed by atoms with van der Waals surface area (Å²) in [7, 11) is 0. The summed E-state index contributed by atoms with van der Waals surface area (Å²) in [6.07, 6.45) is 2.73. The standard InChI is InChI=1S/C15H10Cl3NO2/c16-10-2-4-15(21)13(8-10)19-6-5-14(20)9-1-3-11(17)12(18)7-9/h1-8,19,21H. The maximum Gasteiger partial charge on any atom is 0.187 e. The molecule has 0 aromatic heterocycles. The monoisotopic (exact) mass is 341 g/mol. The molecule has 0 fully saturated rings. The minimum atomic E-state index is -0.248. The first-order valence-electron chi connectivity index (χ1n) is 5.88. The van der Waals surface area contributed by atoms with E-state index in [1.54, 1.807) is 24.3 Å². The molecular weight excluding hydrogens is 333 g/mol. The summed E-state index contributed by atoms with van der Waals surface area (Å²) in [5.41, 5.74) is 0.818. The van der Waals surface area contributed by atoms with E-state index in [0.29, 0.717) is 26.3 Å². The van der Waals surface area contributed by atoms with Gasteiger partial charge in [0.05, 0.1) is 15.7 Å². The highest BCUT2D eigenvalue weighted by molar-refractivity contribution is 6.42. The predicted octanol–water partition coefficient (Wildman–Crippen LogP) is 5.16. The van der Waals surface area contributed by atoms with E-state index in [1.165, 1.54) is 24.4 Å². The third-order valence-corrected chi connectivity index (χ3v) is 3.61. The molecule has 2 aromatic carbocycles. The van der Waals surface area contributed by atoms with Crippen molar-refractivity contribution in [2.75, 3.05) is 5.32 Å². The van der Waals surface area contributed by atoms with E-state index in [1.807, 2.05) is 0 Å². The van der Waals surface area contributed by atoms with Crippen molar-refractivity contribution in [3.8, 4) is 5.75 Å². The summed E-state index contributed by atoms with van der Waals surface area (Å²) >= 11 is 17.5. The van der Waals surface area contributed by atoms with E-state index in [9.17, 15) is 9.90 Å². The molecule has 0 amide bonds. The van der Waals surface area contributed by atoms with Crippen LogP contribution in [0.3, 0.4) is 0 Å². The molecule has 6 heteroatoms. The number of hydrogen-bond donors (Lipinski definition) is 2. The fourth-order valence-corrected chi connectivity index (χ4v) is 2.05. The van der Waals surface area contributed by atoms with Gasteiger partial charge in [0.1, 0.15) is 5.75 Å². The van der Waals surface area contributed by atoms with Gasteiger partial charge < -0.3 is 10.4 Å². The minimum absolute atomic E-state index is 0.0334. The van der Waals surface area contributed by atoms with Crippen molar-refractivity contribution < 1.29 is 9.90 Å². The molecule has 0 atom stereocenters. The molecule has 0 heterocycles. The zero-order valence-electron chi connectivity index (χ0n) is 10.6. The van der Waals surface area contributed by atoms with Crippen LogP contribution in [0.25, 0.3) is 0 Å². The van der Waals surface area contributed by atoms with Crippen molar-refractivity contribution in [2.45, 2.75) is 0 Å². The molecular formula is C15H10Cl3NO2. The molecule has 2 aromatic rings. The number of rotatable bonds is 4. The highest BCUT2D eigenvalue weighted by Gasteiger charge is 2.05. The maximum atomic E-state index is 11.9. The van der Waals surface area contributed by atoms with E-state index in [4.69, 9.17) is 34.8 Å². The summed E-state index contributed by atoms with van der Waals surface area (Å²) in [6, 6.07) is 9.20. The zero-order chi connectivity index (χ0) is 15.4. The van der Waals surface area contributed by atoms with Crippen LogP contribution in [-0.2, 0) is 0 Å². The summed E-state index contributed by atoms with van der Waals surface area (Å²) in [5, 5.41) is 13.6. The number of phenolic OH excluding ortho intramolecular Hbond substituents is 1. The number of allylic oxidation sites excluding steroid dienone is 1. The number of carbonyl (C=O) groups excluding carboxylic acids is 1. The van der Waals surface area contributed by atoms with Crippen LogP contribution in [-0.4, -0.2) is 10.9 Å². The average molecular weight is 343 g/mol. The second kappa shape index (κ2) is 6.85. The number of benzene rings is 2. The van der Waals surface area contributed by atoms with Crippen molar-refractivity contribution in [3.05, 3.63) is 69.3 Å². The lowest BCUT2D eigenvalue weighted by Crippen LogP contribution is -1.96. The summed E-state index contributed by atoms with van der Waals surface area (Å²) in [6.45, 7) is 0. The van der Waals surface area contributed by atoms with Crippen molar-refractivity contribution >= 4 is 46.3 Å². The van der Waals surface area contributed by atoms with Gasteiger partial charge in [-0.25, -0.2) is 0 Å². The predicted molar refractivity (Wildman–Crippen MR) is 86.7 cm³/mol. The molecule has 0 radical (unpaired) electrons. The Hall–Kier alpha value is -1.68. The number of phenols is 1. The topological polar surface area (TPSA) is 49.3 Å². The van der Waals surface area contributed by atoms with Gasteiger partial charge in [-0.15, -0.1) is 0 Å². The number of nitrogens with one attached hydrogen (secondary N) is 1. The zero-order valence-corrected chi connectivity index (χ0v) is 12.9. The van der Waals surface area contributed by atoms with Gasteiger partial charge in [0.25, 0.3) is 0 Å². The molecule has 2 rings (SSSR count). The molecule has 2 N–H and O–H groups in total. The Morgan fingerprint density at radius 2 is 1.81 bits per heavy atom. The van der Waals surface area contributed by atoms with Crippen LogP contribution in [0.5, 0.6) is 5.75 Å². The number of halogens is 3. The lowest BCUT2D eigenvalue weighted by molar-refractivity contribution is 0.104. The number of aromatic hydroxyl groups is 1. The highest BCUT2D eigenvalue weighted by atomic mass is 35.5. The number of anilines is 1. The second-order valence-corrected chi connectivity index (χ2v) is 5.38.